The van der Waals surface area contributed by atoms with E-state index in [1.54, 1.807) is 20.8 Å². The van der Waals surface area contributed by atoms with Crippen molar-refractivity contribution in [1.29, 1.82) is 0 Å². The molecule has 0 bridgehead atoms. The standard InChI is InChI=1S/C34H46N6O10SSi/c1-34(2,3)50-32(43)35-22-18-24(19-22)39(51(47,48)29-11-9-8-10-26(29)40(45)46)23-12-13-25-28(20-23)36(4)33(44)38(25)27-14-15-30(41)37(31(27)42)21-49-16-17-52(5,6)7/h8-13,20,22,24,27H,14-19,21H2,1-7H3,(H,35,43). The van der Waals surface area contributed by atoms with Gasteiger partial charge in [-0.1, -0.05) is 31.8 Å². The second-order valence-corrected chi connectivity index (χ2v) is 22.8. The summed E-state index contributed by atoms with van der Waals surface area (Å²) in [6.07, 6.45) is -0.181. The van der Waals surface area contributed by atoms with E-state index < -0.39 is 75.0 Å². The second kappa shape index (κ2) is 14.5. The Morgan fingerprint density at radius 2 is 1.75 bits per heavy atom. The zero-order chi connectivity index (χ0) is 38.3. The number of piperidine rings is 1. The quantitative estimate of drug-likeness (QED) is 0.0904. The predicted molar refractivity (Wildman–Crippen MR) is 195 cm³/mol. The minimum absolute atomic E-state index is 0.0246. The minimum atomic E-state index is -4.57. The van der Waals surface area contributed by atoms with Gasteiger partial charge >= 0.3 is 11.8 Å². The number of imide groups is 1. The van der Waals surface area contributed by atoms with Crippen LogP contribution in [0.5, 0.6) is 0 Å². The lowest BCUT2D eigenvalue weighted by atomic mass is 9.86. The van der Waals surface area contributed by atoms with Gasteiger partial charge < -0.3 is 14.8 Å². The summed E-state index contributed by atoms with van der Waals surface area (Å²) in [4.78, 5) is 64.3. The molecule has 2 heterocycles. The number of hydrogen-bond acceptors (Lipinski definition) is 10. The first kappa shape index (κ1) is 38.7. The SMILES string of the molecule is Cn1c(=O)n(C2CCC(=O)N(COCC[Si](C)(C)C)C2=O)c2ccc(N(C3CC(NC(=O)OC(C)(C)C)C3)S(=O)(=O)c3ccccc3[N+](=O)[O-])cc21. The molecule has 52 heavy (non-hydrogen) atoms. The number of para-hydroxylation sites is 1. The van der Waals surface area contributed by atoms with Crippen LogP contribution in [0.3, 0.4) is 0 Å². The number of carbonyl (C=O) groups excluding carboxylic acids is 3. The number of aryl methyl sites for hydroxylation is 1. The van der Waals surface area contributed by atoms with Gasteiger partial charge in [-0.2, -0.15) is 0 Å². The number of rotatable bonds is 12. The molecule has 2 aromatic carbocycles. The first-order valence-electron chi connectivity index (χ1n) is 17.1. The number of nitrogens with zero attached hydrogens (tertiary/aromatic N) is 5. The van der Waals surface area contributed by atoms with Gasteiger partial charge in [-0.05, 0) is 70.3 Å². The number of ether oxygens (including phenoxy) is 2. The van der Waals surface area contributed by atoms with Crippen molar-refractivity contribution in [1.82, 2.24) is 19.4 Å². The molecule has 16 nitrogen and oxygen atoms in total. The maximum absolute atomic E-state index is 14.4. The zero-order valence-corrected chi connectivity index (χ0v) is 32.3. The van der Waals surface area contributed by atoms with Gasteiger partial charge in [-0.15, -0.1) is 0 Å². The molecular formula is C34H46N6O10SSi. The molecule has 1 aliphatic carbocycles. The fourth-order valence-electron chi connectivity index (χ4n) is 6.37. The first-order chi connectivity index (χ1) is 24.2. The first-order valence-corrected chi connectivity index (χ1v) is 22.2. The topological polar surface area (TPSA) is 192 Å². The Balaban J connectivity index is 1.50. The number of nitro benzene ring substituents is 1. The van der Waals surface area contributed by atoms with Crippen molar-refractivity contribution in [3.05, 3.63) is 63.1 Å². The van der Waals surface area contributed by atoms with E-state index in [1.165, 1.54) is 46.5 Å². The molecule has 2 aliphatic rings. The number of hydrogen-bond donors (Lipinski definition) is 1. The van der Waals surface area contributed by atoms with Crippen LogP contribution >= 0.6 is 0 Å². The molecule has 1 aliphatic heterocycles. The van der Waals surface area contributed by atoms with Crippen LogP contribution in [0.1, 0.15) is 52.5 Å². The summed E-state index contributed by atoms with van der Waals surface area (Å²) in [6.45, 7) is 11.9. The molecule has 1 saturated carbocycles. The maximum atomic E-state index is 14.4. The number of carbonyl (C=O) groups is 3. The minimum Gasteiger partial charge on any atom is -0.444 e. The monoisotopic (exact) mass is 758 g/mol. The molecule has 3 aromatic rings. The summed E-state index contributed by atoms with van der Waals surface area (Å²) >= 11 is 0. The molecule has 2 fully saturated rings. The van der Waals surface area contributed by atoms with Gasteiger partial charge in [0.2, 0.25) is 5.91 Å². The molecule has 0 radical (unpaired) electrons. The van der Waals surface area contributed by atoms with E-state index >= 15 is 0 Å². The van der Waals surface area contributed by atoms with E-state index in [1.807, 2.05) is 0 Å². The van der Waals surface area contributed by atoms with Gasteiger partial charge in [-0.25, -0.2) is 18.0 Å². The number of alkyl carbamates (subject to hydrolysis) is 1. The lowest BCUT2D eigenvalue weighted by molar-refractivity contribution is -0.387. The third-order valence-electron chi connectivity index (χ3n) is 9.10. The Morgan fingerprint density at radius 3 is 2.38 bits per heavy atom. The highest BCUT2D eigenvalue weighted by molar-refractivity contribution is 7.93. The van der Waals surface area contributed by atoms with E-state index in [0.717, 1.165) is 27.4 Å². The number of benzene rings is 2. The van der Waals surface area contributed by atoms with Crippen molar-refractivity contribution in [3.63, 3.8) is 0 Å². The number of aromatic nitrogens is 2. The second-order valence-electron chi connectivity index (χ2n) is 15.4. The average Bonchev–Trinajstić information content (AvgIpc) is 3.26. The largest absolute Gasteiger partial charge is 0.444 e. The van der Waals surface area contributed by atoms with Crippen LogP contribution in [0.25, 0.3) is 11.0 Å². The lowest BCUT2D eigenvalue weighted by Gasteiger charge is -2.43. The number of amides is 3. The number of likely N-dealkylation sites (tertiary alicyclic amines) is 1. The molecule has 1 N–H and O–H groups in total. The molecule has 0 spiro atoms. The summed E-state index contributed by atoms with van der Waals surface area (Å²) in [7, 11) is -4.49. The summed E-state index contributed by atoms with van der Waals surface area (Å²) in [5, 5.41) is 14.7. The molecule has 18 heteroatoms. The molecule has 1 atom stereocenters. The Morgan fingerprint density at radius 1 is 1.08 bits per heavy atom. The highest BCUT2D eigenvalue weighted by Crippen LogP contribution is 2.39. The van der Waals surface area contributed by atoms with Crippen LogP contribution in [0, 0.1) is 10.1 Å². The van der Waals surface area contributed by atoms with Gasteiger partial charge in [0, 0.05) is 46.3 Å². The van der Waals surface area contributed by atoms with Gasteiger partial charge in [0.05, 0.1) is 21.6 Å². The van der Waals surface area contributed by atoms with Crippen LogP contribution in [-0.4, -0.2) is 84.4 Å². The van der Waals surface area contributed by atoms with E-state index in [0.29, 0.717) is 17.6 Å². The molecule has 1 aromatic heterocycles. The van der Waals surface area contributed by atoms with Gasteiger partial charge in [0.15, 0.2) is 4.90 Å². The molecule has 5 rings (SSSR count). The molecule has 1 saturated heterocycles. The summed E-state index contributed by atoms with van der Waals surface area (Å²) in [5.41, 5.74) is -1.12. The van der Waals surface area contributed by atoms with Crippen LogP contribution in [0.15, 0.2) is 52.2 Å². The number of sulfonamides is 1. The lowest BCUT2D eigenvalue weighted by Crippen LogP contribution is -2.56. The molecular weight excluding hydrogens is 713 g/mol. The van der Waals surface area contributed by atoms with Crippen molar-refractivity contribution in [3.8, 4) is 0 Å². The van der Waals surface area contributed by atoms with Crippen molar-refractivity contribution >= 4 is 58.4 Å². The Kier molecular flexibility index (Phi) is 10.8. The fourth-order valence-corrected chi connectivity index (χ4v) is 8.95. The number of nitro groups is 1. The number of anilines is 1. The Bertz CT molecular complexity index is 2060. The molecule has 282 valence electrons. The number of nitrogens with one attached hydrogen (secondary N) is 1. The summed E-state index contributed by atoms with van der Waals surface area (Å²) < 4.78 is 43.5. The van der Waals surface area contributed by atoms with Gasteiger partial charge in [0.25, 0.3) is 21.6 Å². The van der Waals surface area contributed by atoms with Crippen molar-refractivity contribution in [2.45, 2.75) is 101 Å². The molecule has 1 unspecified atom stereocenters. The van der Waals surface area contributed by atoms with Crippen LogP contribution < -0.4 is 15.3 Å². The van der Waals surface area contributed by atoms with Crippen molar-refractivity contribution < 1.29 is 37.2 Å². The fraction of sp³-hybridized carbons (Fsp3) is 0.529. The third-order valence-corrected chi connectivity index (χ3v) is 12.7. The normalized spacial score (nSPS) is 19.8. The number of imidazole rings is 1. The average molecular weight is 759 g/mol. The summed E-state index contributed by atoms with van der Waals surface area (Å²) in [5.74, 6) is -0.956. The van der Waals surface area contributed by atoms with Gasteiger partial charge in [0.1, 0.15) is 18.4 Å². The summed E-state index contributed by atoms with van der Waals surface area (Å²) in [6, 6.07) is 8.24. The van der Waals surface area contributed by atoms with Crippen LogP contribution in [0.2, 0.25) is 25.7 Å². The smallest absolute Gasteiger partial charge is 0.407 e. The van der Waals surface area contributed by atoms with E-state index in [-0.39, 0.29) is 44.0 Å². The van der Waals surface area contributed by atoms with E-state index in [9.17, 15) is 37.7 Å². The van der Waals surface area contributed by atoms with E-state index in [4.69, 9.17) is 9.47 Å². The highest BCUT2D eigenvalue weighted by Gasteiger charge is 2.44. The third kappa shape index (κ3) is 8.07. The number of fused-ring (bicyclic) bond motifs is 1. The van der Waals surface area contributed by atoms with E-state index in [2.05, 4.69) is 25.0 Å². The highest BCUT2D eigenvalue weighted by atomic mass is 32.2. The Hall–Kier alpha value is -4.55. The van der Waals surface area contributed by atoms with Crippen molar-refractivity contribution in [2.24, 2.45) is 7.05 Å². The molecule has 3 amide bonds. The Labute approximate surface area is 302 Å². The zero-order valence-electron chi connectivity index (χ0n) is 30.5. The van der Waals surface area contributed by atoms with Crippen molar-refractivity contribution in [2.75, 3.05) is 17.6 Å². The predicted octanol–water partition coefficient (Wildman–Crippen LogP) is 4.50. The maximum Gasteiger partial charge on any atom is 0.407 e. The van der Waals surface area contributed by atoms with Gasteiger partial charge in [-0.3, -0.25) is 38.0 Å². The van der Waals surface area contributed by atoms with Crippen LogP contribution in [0.4, 0.5) is 16.2 Å². The van der Waals surface area contributed by atoms with Crippen LogP contribution in [-0.2, 0) is 36.1 Å².